The summed E-state index contributed by atoms with van der Waals surface area (Å²) in [6.07, 6.45) is -3.45. The van der Waals surface area contributed by atoms with E-state index >= 15 is 0 Å². The highest BCUT2D eigenvalue weighted by molar-refractivity contribution is 8.00. The fourth-order valence-corrected chi connectivity index (χ4v) is 4.17. The molecule has 8 nitrogen and oxygen atoms in total. The van der Waals surface area contributed by atoms with E-state index in [-0.39, 0.29) is 27.9 Å². The average molecular weight is 502 g/mol. The van der Waals surface area contributed by atoms with Gasteiger partial charge in [-0.2, -0.15) is 13.2 Å². The molecule has 13 heteroatoms. The first-order chi connectivity index (χ1) is 15.5. The maximum Gasteiger partial charge on any atom is 0.418 e. The predicted octanol–water partition coefficient (Wildman–Crippen LogP) is 3.40. The number of nitrogens with one attached hydrogen (secondary N) is 1. The number of thioether (sulfide) groups is 1. The van der Waals surface area contributed by atoms with Gasteiger partial charge in [-0.05, 0) is 30.3 Å². The summed E-state index contributed by atoms with van der Waals surface area (Å²) in [5.41, 5.74) is -1.76. The lowest BCUT2D eigenvalue weighted by Gasteiger charge is -2.14. The minimum absolute atomic E-state index is 0.0594. The third kappa shape index (κ3) is 5.82. The standard InChI is InChI=1S/C20H15ClF3N3O5S/c1-27-16(29)8-14(18(27)30)33-17-11(3-2-6-25-17)19(31)32-9-15(28)26-13-5-4-10(21)7-12(13)20(22,23)24/h2-7,14H,8-9H2,1H3,(H,26,28). The van der Waals surface area contributed by atoms with Crippen LogP contribution in [0.1, 0.15) is 22.3 Å². The lowest BCUT2D eigenvalue weighted by atomic mass is 10.1. The number of pyridine rings is 1. The maximum atomic E-state index is 13.1. The molecule has 1 saturated heterocycles. The Labute approximate surface area is 194 Å². The van der Waals surface area contributed by atoms with Gasteiger partial charge in [0.15, 0.2) is 6.61 Å². The van der Waals surface area contributed by atoms with E-state index in [0.717, 1.165) is 22.7 Å². The number of carbonyl (C=O) groups is 4. The van der Waals surface area contributed by atoms with Crippen LogP contribution in [0.3, 0.4) is 0 Å². The molecule has 1 aromatic carbocycles. The second-order valence-electron chi connectivity index (χ2n) is 6.77. The predicted molar refractivity (Wildman–Crippen MR) is 112 cm³/mol. The fourth-order valence-electron chi connectivity index (χ4n) is 2.84. The Kier molecular flexibility index (Phi) is 7.28. The van der Waals surface area contributed by atoms with Crippen molar-refractivity contribution in [3.63, 3.8) is 0 Å². The van der Waals surface area contributed by atoms with Crippen LogP contribution < -0.4 is 5.32 Å². The zero-order chi connectivity index (χ0) is 24.3. The summed E-state index contributed by atoms with van der Waals surface area (Å²) in [6, 6.07) is 5.59. The van der Waals surface area contributed by atoms with Crippen molar-refractivity contribution in [2.45, 2.75) is 22.9 Å². The van der Waals surface area contributed by atoms with Crippen LogP contribution in [0.2, 0.25) is 5.02 Å². The number of rotatable bonds is 6. The second-order valence-corrected chi connectivity index (χ2v) is 8.40. The lowest BCUT2D eigenvalue weighted by Crippen LogP contribution is -2.26. The Hall–Kier alpha value is -3.12. The second kappa shape index (κ2) is 9.79. The van der Waals surface area contributed by atoms with Gasteiger partial charge in [-0.25, -0.2) is 9.78 Å². The third-order valence-electron chi connectivity index (χ3n) is 4.48. The van der Waals surface area contributed by atoms with Gasteiger partial charge in [-0.3, -0.25) is 19.3 Å². The summed E-state index contributed by atoms with van der Waals surface area (Å²) in [7, 11) is 1.35. The van der Waals surface area contributed by atoms with Gasteiger partial charge in [-0.1, -0.05) is 23.4 Å². The molecule has 2 aromatic rings. The average Bonchev–Trinajstić information content (AvgIpc) is 2.99. The normalized spacial score (nSPS) is 16.2. The van der Waals surface area contributed by atoms with Crippen molar-refractivity contribution in [1.29, 1.82) is 0 Å². The van der Waals surface area contributed by atoms with E-state index in [4.69, 9.17) is 16.3 Å². The Bertz CT molecular complexity index is 1130. The number of imide groups is 1. The van der Waals surface area contributed by atoms with Crippen molar-refractivity contribution < 1.29 is 37.1 Å². The molecule has 0 bridgehead atoms. The van der Waals surface area contributed by atoms with Crippen LogP contribution in [0.15, 0.2) is 41.6 Å². The molecular formula is C20H15ClF3N3O5S. The summed E-state index contributed by atoms with van der Waals surface area (Å²) in [5.74, 6) is -2.78. The summed E-state index contributed by atoms with van der Waals surface area (Å²) in [5, 5.41) is 1.22. The van der Waals surface area contributed by atoms with E-state index < -0.39 is 47.1 Å². The number of halogens is 4. The van der Waals surface area contributed by atoms with Gasteiger partial charge < -0.3 is 10.1 Å². The monoisotopic (exact) mass is 501 g/mol. The van der Waals surface area contributed by atoms with Crippen LogP contribution in [0.5, 0.6) is 0 Å². The molecule has 1 unspecified atom stereocenters. The van der Waals surface area contributed by atoms with Crippen molar-refractivity contribution in [3.05, 3.63) is 52.7 Å². The Morgan fingerprint density at radius 3 is 2.67 bits per heavy atom. The molecule has 1 N–H and O–H groups in total. The van der Waals surface area contributed by atoms with Crippen LogP contribution in [0.25, 0.3) is 0 Å². The zero-order valence-corrected chi connectivity index (χ0v) is 18.4. The van der Waals surface area contributed by atoms with Crippen LogP contribution in [0, 0.1) is 0 Å². The number of amides is 3. The number of carbonyl (C=O) groups excluding carboxylic acids is 4. The van der Waals surface area contributed by atoms with E-state index in [2.05, 4.69) is 4.98 Å². The molecule has 1 aliphatic rings. The van der Waals surface area contributed by atoms with Gasteiger partial charge >= 0.3 is 12.1 Å². The Morgan fingerprint density at radius 2 is 2.03 bits per heavy atom. The lowest BCUT2D eigenvalue weighted by molar-refractivity contribution is -0.138. The molecule has 3 amide bonds. The van der Waals surface area contributed by atoms with Crippen molar-refractivity contribution in [2.24, 2.45) is 0 Å². The van der Waals surface area contributed by atoms with E-state index in [1.165, 1.54) is 31.4 Å². The summed E-state index contributed by atoms with van der Waals surface area (Å²) < 4.78 is 44.4. The van der Waals surface area contributed by atoms with Gasteiger partial charge in [-0.15, -0.1) is 0 Å². The quantitative estimate of drug-likeness (QED) is 0.477. The summed E-state index contributed by atoms with van der Waals surface area (Å²) in [4.78, 5) is 53.4. The number of esters is 1. The van der Waals surface area contributed by atoms with Crippen LogP contribution >= 0.6 is 23.4 Å². The van der Waals surface area contributed by atoms with Crippen LogP contribution in [-0.2, 0) is 25.3 Å². The SMILES string of the molecule is CN1C(=O)CC(Sc2ncccc2C(=O)OCC(=O)Nc2ccc(Cl)cc2C(F)(F)F)C1=O. The summed E-state index contributed by atoms with van der Waals surface area (Å²) in [6.45, 7) is -0.874. The third-order valence-corrected chi connectivity index (χ3v) is 5.92. The Balaban J connectivity index is 1.66. The molecule has 33 heavy (non-hydrogen) atoms. The van der Waals surface area contributed by atoms with Gasteiger partial charge in [0.05, 0.1) is 22.1 Å². The minimum atomic E-state index is -4.76. The molecule has 1 aromatic heterocycles. The number of hydrogen-bond acceptors (Lipinski definition) is 7. The minimum Gasteiger partial charge on any atom is -0.452 e. The largest absolute Gasteiger partial charge is 0.452 e. The Morgan fingerprint density at radius 1 is 1.30 bits per heavy atom. The molecule has 1 fully saturated rings. The smallest absolute Gasteiger partial charge is 0.418 e. The number of likely N-dealkylation sites (tertiary alicyclic amines) is 1. The van der Waals surface area contributed by atoms with Crippen molar-refractivity contribution >= 4 is 52.7 Å². The highest BCUT2D eigenvalue weighted by atomic mass is 35.5. The highest BCUT2D eigenvalue weighted by Gasteiger charge is 2.38. The van der Waals surface area contributed by atoms with Crippen LogP contribution in [0.4, 0.5) is 18.9 Å². The van der Waals surface area contributed by atoms with E-state index in [9.17, 15) is 32.3 Å². The first-order valence-corrected chi connectivity index (χ1v) is 10.5. The topological polar surface area (TPSA) is 106 Å². The number of ether oxygens (including phenoxy) is 1. The molecular weight excluding hydrogens is 487 g/mol. The van der Waals surface area contributed by atoms with Crippen molar-refractivity contribution in [3.8, 4) is 0 Å². The number of hydrogen-bond donors (Lipinski definition) is 1. The number of alkyl halides is 3. The molecule has 0 radical (unpaired) electrons. The van der Waals surface area contributed by atoms with Gasteiger partial charge in [0, 0.05) is 24.7 Å². The molecule has 0 spiro atoms. The first-order valence-electron chi connectivity index (χ1n) is 9.23. The van der Waals surface area contributed by atoms with E-state index in [0.29, 0.717) is 6.07 Å². The van der Waals surface area contributed by atoms with Crippen molar-refractivity contribution in [2.75, 3.05) is 19.0 Å². The highest BCUT2D eigenvalue weighted by Crippen LogP contribution is 2.36. The number of benzene rings is 1. The van der Waals surface area contributed by atoms with E-state index in [1.54, 1.807) is 0 Å². The molecule has 3 rings (SSSR count). The number of aromatic nitrogens is 1. The van der Waals surface area contributed by atoms with Crippen molar-refractivity contribution in [1.82, 2.24) is 9.88 Å². The molecule has 2 heterocycles. The maximum absolute atomic E-state index is 13.1. The van der Waals surface area contributed by atoms with E-state index in [1.807, 2.05) is 5.32 Å². The van der Waals surface area contributed by atoms with Gasteiger partial charge in [0.25, 0.3) is 5.91 Å². The molecule has 0 aliphatic carbocycles. The zero-order valence-electron chi connectivity index (χ0n) is 16.8. The summed E-state index contributed by atoms with van der Waals surface area (Å²) >= 11 is 6.50. The molecule has 0 saturated carbocycles. The van der Waals surface area contributed by atoms with Gasteiger partial charge in [0.2, 0.25) is 11.8 Å². The number of anilines is 1. The molecule has 1 atom stereocenters. The van der Waals surface area contributed by atoms with Gasteiger partial charge in [0.1, 0.15) is 5.03 Å². The molecule has 174 valence electrons. The first kappa shape index (κ1) is 24.5. The number of nitrogens with zero attached hydrogens (tertiary/aromatic N) is 2. The molecule has 1 aliphatic heterocycles. The fraction of sp³-hybridized carbons (Fsp3) is 0.250. The van der Waals surface area contributed by atoms with Crippen LogP contribution in [-0.4, -0.2) is 52.5 Å².